The maximum atomic E-state index is 11.5. The van der Waals surface area contributed by atoms with Crippen LogP contribution in [0.5, 0.6) is 0 Å². The molecule has 0 bridgehead atoms. The average molecular weight is 367 g/mol. The quantitative estimate of drug-likeness (QED) is 0.816. The first-order valence-corrected chi connectivity index (χ1v) is 9.98. The third-order valence-electron chi connectivity index (χ3n) is 3.85. The molecule has 24 heavy (non-hydrogen) atoms. The molecule has 0 spiro atoms. The number of sulfone groups is 1. The first-order valence-electron chi connectivity index (χ1n) is 7.78. The van der Waals surface area contributed by atoms with Gasteiger partial charge in [-0.2, -0.15) is 4.98 Å². The molecule has 0 radical (unpaired) electrons. The Kier molecular flexibility index (Phi) is 5.20. The topological polar surface area (TPSA) is 84.0 Å². The molecule has 128 valence electrons. The lowest BCUT2D eigenvalue weighted by atomic mass is 10.1. The van der Waals surface area contributed by atoms with Crippen molar-refractivity contribution >= 4 is 33.2 Å². The van der Waals surface area contributed by atoms with E-state index in [0.717, 1.165) is 11.4 Å². The Bertz CT molecular complexity index is 796. The molecule has 3 rings (SSSR count). The van der Waals surface area contributed by atoms with Gasteiger partial charge in [0.1, 0.15) is 5.82 Å². The molecular weight excluding hydrogens is 348 g/mol. The van der Waals surface area contributed by atoms with E-state index in [4.69, 9.17) is 11.6 Å². The molecule has 1 unspecified atom stereocenters. The molecule has 1 aromatic heterocycles. The first-order chi connectivity index (χ1) is 11.5. The smallest absolute Gasteiger partial charge is 0.224 e. The van der Waals surface area contributed by atoms with Crippen LogP contribution < -0.4 is 10.6 Å². The number of hydrogen-bond acceptors (Lipinski definition) is 6. The van der Waals surface area contributed by atoms with Crippen LogP contribution in [0.1, 0.15) is 12.0 Å². The monoisotopic (exact) mass is 366 g/mol. The molecule has 6 nitrogen and oxygen atoms in total. The maximum Gasteiger partial charge on any atom is 0.224 e. The molecule has 1 aliphatic heterocycles. The zero-order chi connectivity index (χ0) is 17.0. The van der Waals surface area contributed by atoms with E-state index >= 15 is 0 Å². The summed E-state index contributed by atoms with van der Waals surface area (Å²) in [6.45, 7) is 0.697. The predicted octanol–water partition coefficient (Wildman–Crippen LogP) is 2.38. The number of hydrogen-bond donors (Lipinski definition) is 2. The zero-order valence-electron chi connectivity index (χ0n) is 13.1. The molecule has 1 saturated heterocycles. The molecule has 2 aromatic rings. The molecule has 0 saturated carbocycles. The van der Waals surface area contributed by atoms with Crippen molar-refractivity contribution in [1.29, 1.82) is 0 Å². The van der Waals surface area contributed by atoms with Gasteiger partial charge in [-0.1, -0.05) is 23.7 Å². The number of aromatic nitrogens is 2. The van der Waals surface area contributed by atoms with E-state index in [9.17, 15) is 8.42 Å². The summed E-state index contributed by atoms with van der Waals surface area (Å²) in [6, 6.07) is 9.38. The van der Waals surface area contributed by atoms with Crippen molar-refractivity contribution in [1.82, 2.24) is 9.97 Å². The SMILES string of the molecule is O=S1(=O)CCC(Nc2ccnc(NCCc3ccc(Cl)cc3)n2)C1. The van der Waals surface area contributed by atoms with Crippen molar-refractivity contribution in [3.63, 3.8) is 0 Å². The zero-order valence-corrected chi connectivity index (χ0v) is 14.6. The van der Waals surface area contributed by atoms with Crippen LogP contribution >= 0.6 is 11.6 Å². The van der Waals surface area contributed by atoms with Crippen molar-refractivity contribution in [2.45, 2.75) is 18.9 Å². The van der Waals surface area contributed by atoms with Gasteiger partial charge in [-0.3, -0.25) is 0 Å². The molecule has 1 aliphatic rings. The van der Waals surface area contributed by atoms with Crippen LogP contribution in [-0.4, -0.2) is 42.5 Å². The van der Waals surface area contributed by atoms with E-state index in [1.807, 2.05) is 24.3 Å². The van der Waals surface area contributed by atoms with Gasteiger partial charge in [0.2, 0.25) is 5.95 Å². The van der Waals surface area contributed by atoms with E-state index < -0.39 is 9.84 Å². The lowest BCUT2D eigenvalue weighted by molar-refractivity contribution is 0.602. The molecule has 2 heterocycles. The van der Waals surface area contributed by atoms with Crippen molar-refractivity contribution in [2.75, 3.05) is 28.7 Å². The van der Waals surface area contributed by atoms with Crippen molar-refractivity contribution in [2.24, 2.45) is 0 Å². The minimum Gasteiger partial charge on any atom is -0.366 e. The second kappa shape index (κ2) is 7.36. The minimum absolute atomic E-state index is 0.0770. The second-order valence-electron chi connectivity index (χ2n) is 5.81. The summed E-state index contributed by atoms with van der Waals surface area (Å²) in [4.78, 5) is 8.57. The van der Waals surface area contributed by atoms with Gasteiger partial charge in [0.05, 0.1) is 11.5 Å². The highest BCUT2D eigenvalue weighted by atomic mass is 35.5. The summed E-state index contributed by atoms with van der Waals surface area (Å²) < 4.78 is 23.0. The Morgan fingerprint density at radius 1 is 1.21 bits per heavy atom. The van der Waals surface area contributed by atoms with Gasteiger partial charge < -0.3 is 10.6 Å². The van der Waals surface area contributed by atoms with Gasteiger partial charge in [0.25, 0.3) is 0 Å². The molecule has 2 N–H and O–H groups in total. The summed E-state index contributed by atoms with van der Waals surface area (Å²) in [7, 11) is -2.90. The van der Waals surface area contributed by atoms with Gasteiger partial charge in [-0.25, -0.2) is 13.4 Å². The van der Waals surface area contributed by atoms with Crippen LogP contribution in [0.25, 0.3) is 0 Å². The van der Waals surface area contributed by atoms with Crippen molar-refractivity contribution in [3.8, 4) is 0 Å². The average Bonchev–Trinajstić information content (AvgIpc) is 2.88. The Morgan fingerprint density at radius 3 is 2.71 bits per heavy atom. The van der Waals surface area contributed by atoms with E-state index in [0.29, 0.717) is 24.7 Å². The van der Waals surface area contributed by atoms with Crippen LogP contribution in [0.15, 0.2) is 36.5 Å². The van der Waals surface area contributed by atoms with Crippen molar-refractivity contribution in [3.05, 3.63) is 47.1 Å². The fraction of sp³-hybridized carbons (Fsp3) is 0.375. The molecule has 0 amide bonds. The number of anilines is 2. The lowest BCUT2D eigenvalue weighted by Crippen LogP contribution is -2.21. The number of rotatable bonds is 6. The first kappa shape index (κ1) is 17.0. The van der Waals surface area contributed by atoms with E-state index in [1.54, 1.807) is 12.3 Å². The number of halogens is 1. The highest BCUT2D eigenvalue weighted by Crippen LogP contribution is 2.16. The summed E-state index contributed by atoms with van der Waals surface area (Å²) in [6.07, 6.45) is 3.11. The number of nitrogens with zero attached hydrogens (tertiary/aromatic N) is 2. The highest BCUT2D eigenvalue weighted by Gasteiger charge is 2.27. The van der Waals surface area contributed by atoms with Crippen molar-refractivity contribution < 1.29 is 8.42 Å². The van der Waals surface area contributed by atoms with E-state index in [-0.39, 0.29) is 17.5 Å². The Balaban J connectivity index is 1.52. The number of benzene rings is 1. The third-order valence-corrected chi connectivity index (χ3v) is 5.87. The highest BCUT2D eigenvalue weighted by molar-refractivity contribution is 7.91. The number of nitrogens with one attached hydrogen (secondary N) is 2. The third kappa shape index (κ3) is 4.82. The molecule has 0 aliphatic carbocycles. The minimum atomic E-state index is -2.90. The molecule has 1 aromatic carbocycles. The Labute approximate surface area is 146 Å². The van der Waals surface area contributed by atoms with E-state index in [1.165, 1.54) is 5.56 Å². The second-order valence-corrected chi connectivity index (χ2v) is 8.48. The standard InChI is InChI=1S/C16H19ClN4O2S/c17-13-3-1-12(2-4-13)5-8-18-16-19-9-6-15(21-16)20-14-7-10-24(22,23)11-14/h1-4,6,9,14H,5,7-8,10-11H2,(H2,18,19,20,21). The fourth-order valence-electron chi connectivity index (χ4n) is 2.61. The fourth-order valence-corrected chi connectivity index (χ4v) is 4.41. The summed E-state index contributed by atoms with van der Waals surface area (Å²) in [5.74, 6) is 1.56. The van der Waals surface area contributed by atoms with Crippen LogP contribution in [0.4, 0.5) is 11.8 Å². The van der Waals surface area contributed by atoms with Gasteiger partial charge in [0, 0.05) is 23.8 Å². The summed E-state index contributed by atoms with van der Waals surface area (Å²) >= 11 is 5.87. The maximum absolute atomic E-state index is 11.5. The van der Waals surface area contributed by atoms with Crippen LogP contribution in [0.2, 0.25) is 5.02 Å². The summed E-state index contributed by atoms with van der Waals surface area (Å²) in [5, 5.41) is 7.07. The normalized spacial score (nSPS) is 19.1. The molecule has 8 heteroatoms. The van der Waals surface area contributed by atoms with Crippen LogP contribution in [0.3, 0.4) is 0 Å². The largest absolute Gasteiger partial charge is 0.366 e. The molecule has 1 atom stereocenters. The predicted molar refractivity (Wildman–Crippen MR) is 96.4 cm³/mol. The summed E-state index contributed by atoms with van der Waals surface area (Å²) in [5.41, 5.74) is 1.18. The Morgan fingerprint density at radius 2 is 2.00 bits per heavy atom. The van der Waals surface area contributed by atoms with Gasteiger partial charge in [-0.15, -0.1) is 0 Å². The van der Waals surface area contributed by atoms with Gasteiger partial charge in [-0.05, 0) is 36.6 Å². The van der Waals surface area contributed by atoms with Gasteiger partial charge in [0.15, 0.2) is 9.84 Å². The van der Waals surface area contributed by atoms with Crippen LogP contribution in [-0.2, 0) is 16.3 Å². The molecular formula is C16H19ClN4O2S. The van der Waals surface area contributed by atoms with Gasteiger partial charge >= 0.3 is 0 Å². The van der Waals surface area contributed by atoms with E-state index in [2.05, 4.69) is 20.6 Å². The van der Waals surface area contributed by atoms with Crippen LogP contribution in [0, 0.1) is 0 Å². The Hall–Kier alpha value is -1.86. The molecule has 1 fully saturated rings. The lowest BCUT2D eigenvalue weighted by Gasteiger charge is -2.12.